The molecule has 0 saturated carbocycles. The molecule has 0 aliphatic heterocycles. The minimum atomic E-state index is 0.936. The second kappa shape index (κ2) is 20.0. The number of hydrogen-bond acceptors (Lipinski definition) is 1. The van der Waals surface area contributed by atoms with Crippen molar-refractivity contribution in [1.82, 2.24) is 0 Å². The van der Waals surface area contributed by atoms with Gasteiger partial charge in [0.15, 0.2) is 0 Å². The van der Waals surface area contributed by atoms with E-state index in [2.05, 4.69) is 13.8 Å². The fourth-order valence-electron chi connectivity index (χ4n) is 2.67. The van der Waals surface area contributed by atoms with Crippen molar-refractivity contribution in [1.29, 1.82) is 0 Å². The van der Waals surface area contributed by atoms with Crippen LogP contribution in [0.3, 0.4) is 0 Å². The summed E-state index contributed by atoms with van der Waals surface area (Å²) in [6, 6.07) is 0. The molecule has 0 aliphatic rings. The van der Waals surface area contributed by atoms with Gasteiger partial charge in [0.2, 0.25) is 0 Å². The van der Waals surface area contributed by atoms with E-state index >= 15 is 0 Å². The van der Waals surface area contributed by atoms with Gasteiger partial charge in [-0.05, 0) is 12.8 Å². The highest BCUT2D eigenvalue weighted by molar-refractivity contribution is 4.53. The molecule has 0 aromatic heterocycles. The Bertz CT molecular complexity index is 149. The Morgan fingerprint density at radius 3 is 1.48 bits per heavy atom. The molecule has 0 aromatic carbocycles. The molecule has 0 unspecified atom stereocenters. The SMILES string of the molecule is CCCCCCC[CH]OCCCCCCCCCCCC. The second-order valence-electron chi connectivity index (χ2n) is 6.42. The molecule has 0 saturated heterocycles. The summed E-state index contributed by atoms with van der Waals surface area (Å²) in [7, 11) is 0. The van der Waals surface area contributed by atoms with Crippen LogP contribution in [0.4, 0.5) is 0 Å². The monoisotopic (exact) mass is 297 g/mol. The first-order valence-corrected chi connectivity index (χ1v) is 9.85. The maximum Gasteiger partial charge on any atom is 0.0836 e. The third-order valence-electron chi connectivity index (χ3n) is 4.16. The molecule has 0 aromatic rings. The van der Waals surface area contributed by atoms with Crippen LogP contribution in [0, 0.1) is 6.61 Å². The summed E-state index contributed by atoms with van der Waals surface area (Å²) in [4.78, 5) is 0. The lowest BCUT2D eigenvalue weighted by molar-refractivity contribution is 0.183. The minimum Gasteiger partial charge on any atom is -0.376 e. The highest BCUT2D eigenvalue weighted by Crippen LogP contribution is 2.11. The summed E-state index contributed by atoms with van der Waals surface area (Å²) in [5.41, 5.74) is 0. The van der Waals surface area contributed by atoms with Crippen LogP contribution in [0.2, 0.25) is 0 Å². The molecule has 1 nitrogen and oxygen atoms in total. The predicted molar refractivity (Wildman–Crippen MR) is 95.5 cm³/mol. The first-order valence-electron chi connectivity index (χ1n) is 9.85. The van der Waals surface area contributed by atoms with Gasteiger partial charge in [0.1, 0.15) is 0 Å². The molecule has 0 aliphatic carbocycles. The molecule has 21 heavy (non-hydrogen) atoms. The molecule has 1 radical (unpaired) electrons. The van der Waals surface area contributed by atoms with Crippen LogP contribution in [0.15, 0.2) is 0 Å². The Balaban J connectivity index is 2.90. The average molecular weight is 298 g/mol. The van der Waals surface area contributed by atoms with Gasteiger partial charge in [-0.2, -0.15) is 0 Å². The van der Waals surface area contributed by atoms with Crippen molar-refractivity contribution in [2.24, 2.45) is 0 Å². The predicted octanol–water partition coefficient (Wildman–Crippen LogP) is 7.45. The van der Waals surface area contributed by atoms with Crippen LogP contribution in [0.25, 0.3) is 0 Å². The lowest BCUT2D eigenvalue weighted by Gasteiger charge is -2.04. The van der Waals surface area contributed by atoms with Crippen LogP contribution in [0.5, 0.6) is 0 Å². The van der Waals surface area contributed by atoms with E-state index in [9.17, 15) is 0 Å². The molecular formula is C20H41O. The van der Waals surface area contributed by atoms with Gasteiger partial charge in [-0.25, -0.2) is 0 Å². The Kier molecular flexibility index (Phi) is 19.9. The highest BCUT2D eigenvalue weighted by atomic mass is 16.5. The van der Waals surface area contributed by atoms with E-state index in [0.717, 1.165) is 13.0 Å². The van der Waals surface area contributed by atoms with Crippen LogP contribution >= 0.6 is 0 Å². The molecule has 0 spiro atoms. The van der Waals surface area contributed by atoms with Crippen molar-refractivity contribution in [3.05, 3.63) is 6.61 Å². The summed E-state index contributed by atoms with van der Waals surface area (Å²) in [5.74, 6) is 0. The molecule has 0 rings (SSSR count). The van der Waals surface area contributed by atoms with Crippen LogP contribution in [-0.2, 0) is 4.74 Å². The van der Waals surface area contributed by atoms with E-state index in [1.165, 1.54) is 96.3 Å². The summed E-state index contributed by atoms with van der Waals surface area (Å²) in [6.07, 6.45) is 21.9. The Morgan fingerprint density at radius 1 is 0.524 bits per heavy atom. The van der Waals surface area contributed by atoms with Gasteiger partial charge in [0.05, 0.1) is 6.61 Å². The molecule has 0 atom stereocenters. The van der Waals surface area contributed by atoms with Crippen molar-refractivity contribution in [2.45, 2.75) is 117 Å². The number of hydrogen-bond donors (Lipinski definition) is 0. The summed E-state index contributed by atoms with van der Waals surface area (Å²) < 4.78 is 5.59. The van der Waals surface area contributed by atoms with E-state index in [1.54, 1.807) is 0 Å². The number of unbranched alkanes of at least 4 members (excludes halogenated alkanes) is 14. The molecule has 0 N–H and O–H groups in total. The number of ether oxygens (including phenoxy) is 1. The van der Waals surface area contributed by atoms with E-state index in [0.29, 0.717) is 0 Å². The van der Waals surface area contributed by atoms with Crippen LogP contribution < -0.4 is 0 Å². The lowest BCUT2D eigenvalue weighted by Crippen LogP contribution is -1.92. The van der Waals surface area contributed by atoms with Gasteiger partial charge in [-0.1, -0.05) is 104 Å². The average Bonchev–Trinajstić information content (AvgIpc) is 2.50. The van der Waals surface area contributed by atoms with Crippen molar-refractivity contribution in [3.63, 3.8) is 0 Å². The first kappa shape index (κ1) is 21.0. The zero-order chi connectivity index (χ0) is 15.4. The fraction of sp³-hybridized carbons (Fsp3) is 0.950. The Morgan fingerprint density at radius 2 is 0.952 bits per heavy atom. The summed E-state index contributed by atoms with van der Waals surface area (Å²) in [6.45, 7) is 7.53. The molecule has 0 heterocycles. The zero-order valence-corrected chi connectivity index (χ0v) is 15.0. The molecular weight excluding hydrogens is 256 g/mol. The maximum absolute atomic E-state index is 5.59. The minimum absolute atomic E-state index is 0.936. The summed E-state index contributed by atoms with van der Waals surface area (Å²) in [5, 5.41) is 0. The van der Waals surface area contributed by atoms with Gasteiger partial charge in [0, 0.05) is 6.61 Å². The third kappa shape index (κ3) is 20.0. The van der Waals surface area contributed by atoms with Gasteiger partial charge in [-0.3, -0.25) is 0 Å². The summed E-state index contributed by atoms with van der Waals surface area (Å²) >= 11 is 0. The van der Waals surface area contributed by atoms with Gasteiger partial charge in [-0.15, -0.1) is 0 Å². The van der Waals surface area contributed by atoms with Crippen LogP contribution in [0.1, 0.15) is 117 Å². The number of rotatable bonds is 18. The smallest absolute Gasteiger partial charge is 0.0836 e. The largest absolute Gasteiger partial charge is 0.376 e. The highest BCUT2D eigenvalue weighted by Gasteiger charge is 1.94. The molecule has 0 amide bonds. The quantitative estimate of drug-likeness (QED) is 0.239. The van der Waals surface area contributed by atoms with E-state index in [4.69, 9.17) is 4.74 Å². The standard InChI is InChI=1S/C20H41O/c1-3-5-7-9-11-12-13-14-16-18-20-21-19-17-15-10-8-6-4-2/h19H,3-18,20H2,1-2H3. The second-order valence-corrected chi connectivity index (χ2v) is 6.42. The topological polar surface area (TPSA) is 9.23 Å². The third-order valence-corrected chi connectivity index (χ3v) is 4.16. The van der Waals surface area contributed by atoms with Crippen molar-refractivity contribution in [3.8, 4) is 0 Å². The molecule has 1 heteroatoms. The maximum atomic E-state index is 5.59. The van der Waals surface area contributed by atoms with Crippen molar-refractivity contribution in [2.75, 3.05) is 6.61 Å². The van der Waals surface area contributed by atoms with Gasteiger partial charge in [0.25, 0.3) is 0 Å². The van der Waals surface area contributed by atoms with Crippen LogP contribution in [-0.4, -0.2) is 6.61 Å². The lowest BCUT2D eigenvalue weighted by atomic mass is 10.1. The van der Waals surface area contributed by atoms with E-state index in [1.807, 2.05) is 6.61 Å². The molecule has 0 bridgehead atoms. The van der Waals surface area contributed by atoms with Gasteiger partial charge >= 0.3 is 0 Å². The first-order chi connectivity index (χ1) is 10.4. The van der Waals surface area contributed by atoms with Gasteiger partial charge < -0.3 is 4.74 Å². The van der Waals surface area contributed by atoms with Crippen molar-refractivity contribution < 1.29 is 4.74 Å². The van der Waals surface area contributed by atoms with Crippen molar-refractivity contribution >= 4 is 0 Å². The fourth-order valence-corrected chi connectivity index (χ4v) is 2.67. The Hall–Kier alpha value is -0.0400. The Labute approximate surface area is 135 Å². The molecule has 0 fully saturated rings. The normalized spacial score (nSPS) is 11.1. The zero-order valence-electron chi connectivity index (χ0n) is 15.0. The van der Waals surface area contributed by atoms with E-state index in [-0.39, 0.29) is 0 Å². The molecule has 127 valence electrons. The van der Waals surface area contributed by atoms with E-state index < -0.39 is 0 Å².